The number of carbonyl (C=O) groups excluding carboxylic acids is 1. The lowest BCUT2D eigenvalue weighted by atomic mass is 9.79. The van der Waals surface area contributed by atoms with Crippen LogP contribution in [0.1, 0.15) is 68.1 Å². The first-order valence-corrected chi connectivity index (χ1v) is 13.3. The van der Waals surface area contributed by atoms with Crippen LogP contribution in [-0.2, 0) is 19.2 Å². The van der Waals surface area contributed by atoms with Crippen molar-refractivity contribution in [3.63, 3.8) is 0 Å². The van der Waals surface area contributed by atoms with Crippen molar-refractivity contribution < 1.29 is 18.8 Å². The monoisotopic (exact) mass is 483 g/mol. The number of aromatic nitrogens is 2. The van der Waals surface area contributed by atoms with Gasteiger partial charge in [0.15, 0.2) is 0 Å². The third-order valence-corrected chi connectivity index (χ3v) is 8.38. The number of rotatable bonds is 6. The van der Waals surface area contributed by atoms with Crippen LogP contribution in [0, 0.1) is 5.92 Å². The van der Waals surface area contributed by atoms with Crippen molar-refractivity contribution >= 4 is 28.2 Å². The third kappa shape index (κ3) is 5.26. The molecule has 1 unspecified atom stereocenters. The van der Waals surface area contributed by atoms with E-state index in [0.29, 0.717) is 9.52 Å². The summed E-state index contributed by atoms with van der Waals surface area (Å²) >= 11 is 0. The third-order valence-electron chi connectivity index (χ3n) is 6.65. The van der Waals surface area contributed by atoms with Gasteiger partial charge in [0.2, 0.25) is 0 Å². The number of hydrogen-bond acceptors (Lipinski definition) is 5. The summed E-state index contributed by atoms with van der Waals surface area (Å²) < 4.78 is 17.9. The maximum atomic E-state index is 12.6. The lowest BCUT2D eigenvalue weighted by molar-refractivity contribution is 0.00578. The molecule has 2 aromatic rings. The van der Waals surface area contributed by atoms with E-state index in [-0.39, 0.29) is 17.1 Å². The Kier molecular flexibility index (Phi) is 7.15. The van der Waals surface area contributed by atoms with Gasteiger partial charge in [-0.05, 0) is 65.4 Å². The number of carbonyl (C=O) groups is 1. The summed E-state index contributed by atoms with van der Waals surface area (Å²) in [6, 6.07) is 8.11. The average Bonchev–Trinajstić information content (AvgIpc) is 3.27. The van der Waals surface area contributed by atoms with E-state index in [1.807, 2.05) is 78.9 Å². The molecule has 3 rings (SSSR count). The molecular weight excluding hydrogens is 445 g/mol. The number of hydrogen-bond donors (Lipinski definition) is 2. The molecule has 1 atom stereocenters. The summed E-state index contributed by atoms with van der Waals surface area (Å²) in [5, 5.41) is 2.45. The van der Waals surface area contributed by atoms with E-state index in [4.69, 9.17) is 14.0 Å². The first kappa shape index (κ1) is 26.5. The SMILES string of the molecule is C[Si]C(NC(=O)OC(C)(C)C)(c1ncc(-c2ccc(B3OC(C)(C)C(C)(C)O3)cc2)[nH]1)C(C)C. The highest BCUT2D eigenvalue weighted by molar-refractivity contribution is 6.62. The van der Waals surface area contributed by atoms with Gasteiger partial charge < -0.3 is 24.3 Å². The molecule has 2 heterocycles. The Morgan fingerprint density at radius 3 is 2.15 bits per heavy atom. The molecule has 1 aromatic carbocycles. The van der Waals surface area contributed by atoms with Gasteiger partial charge in [-0.1, -0.05) is 44.7 Å². The van der Waals surface area contributed by atoms with Gasteiger partial charge in [0.1, 0.15) is 11.4 Å². The van der Waals surface area contributed by atoms with E-state index in [2.05, 4.69) is 35.7 Å². The molecule has 2 radical (unpaired) electrons. The molecule has 1 amide bonds. The Labute approximate surface area is 206 Å². The van der Waals surface area contributed by atoms with Gasteiger partial charge >= 0.3 is 13.2 Å². The molecule has 184 valence electrons. The standard InChI is InChI=1S/C25H38BN3O4Si/c1-16(2)25(34-10,29-21(30)31-22(3,4)5)20-27-15-19(28-20)17-11-13-18(14-12-17)26-32-23(6,7)24(8,9)33-26/h11-16H,1-10H3,(H,27,28)(H,29,30). The number of imidazole rings is 1. The number of alkyl carbamates (subject to hydrolysis) is 1. The second kappa shape index (κ2) is 9.17. The lowest BCUT2D eigenvalue weighted by Gasteiger charge is -2.36. The quantitative estimate of drug-likeness (QED) is 0.593. The minimum Gasteiger partial charge on any atom is -0.444 e. The van der Waals surface area contributed by atoms with Gasteiger partial charge in [0.25, 0.3) is 0 Å². The van der Waals surface area contributed by atoms with Gasteiger partial charge in [-0.2, -0.15) is 0 Å². The lowest BCUT2D eigenvalue weighted by Crippen LogP contribution is -2.55. The van der Waals surface area contributed by atoms with Gasteiger partial charge in [-0.25, -0.2) is 9.78 Å². The van der Waals surface area contributed by atoms with Crippen molar-refractivity contribution in [1.29, 1.82) is 0 Å². The Hall–Kier alpha value is -2.10. The van der Waals surface area contributed by atoms with Crippen LogP contribution in [0.5, 0.6) is 0 Å². The van der Waals surface area contributed by atoms with Crippen molar-refractivity contribution in [2.75, 3.05) is 0 Å². The summed E-state index contributed by atoms with van der Waals surface area (Å²) in [5.74, 6) is 0.826. The zero-order valence-corrected chi connectivity index (χ0v) is 23.1. The molecule has 2 N–H and O–H groups in total. The highest BCUT2D eigenvalue weighted by Gasteiger charge is 2.51. The van der Waals surface area contributed by atoms with Crippen molar-refractivity contribution in [2.24, 2.45) is 5.92 Å². The molecule has 0 saturated carbocycles. The van der Waals surface area contributed by atoms with Crippen LogP contribution in [0.4, 0.5) is 4.79 Å². The molecule has 1 aromatic heterocycles. The maximum Gasteiger partial charge on any atom is 0.494 e. The molecule has 0 spiro atoms. The first-order chi connectivity index (χ1) is 15.6. The fraction of sp³-hybridized carbons (Fsp3) is 0.600. The Morgan fingerprint density at radius 2 is 1.68 bits per heavy atom. The Bertz CT molecular complexity index is 998. The number of H-pyrrole nitrogens is 1. The molecule has 1 aliphatic heterocycles. The van der Waals surface area contributed by atoms with Crippen LogP contribution in [0.25, 0.3) is 11.3 Å². The maximum absolute atomic E-state index is 12.6. The van der Waals surface area contributed by atoms with Crippen LogP contribution in [0.3, 0.4) is 0 Å². The van der Waals surface area contributed by atoms with Crippen LogP contribution >= 0.6 is 0 Å². The predicted octanol–water partition coefficient (Wildman–Crippen LogP) is 4.46. The molecule has 1 aliphatic rings. The molecule has 34 heavy (non-hydrogen) atoms. The van der Waals surface area contributed by atoms with Crippen molar-refractivity contribution in [2.45, 2.75) is 90.8 Å². The normalized spacial score (nSPS) is 19.2. The van der Waals surface area contributed by atoms with Crippen LogP contribution in [-0.4, -0.2) is 49.5 Å². The van der Waals surface area contributed by atoms with Crippen molar-refractivity contribution in [3.05, 3.63) is 36.3 Å². The van der Waals surface area contributed by atoms with E-state index >= 15 is 0 Å². The summed E-state index contributed by atoms with van der Waals surface area (Å²) in [6.07, 6.45) is 1.37. The Balaban J connectivity index is 1.83. The molecule has 9 heteroatoms. The molecule has 0 aliphatic carbocycles. The van der Waals surface area contributed by atoms with Crippen LogP contribution < -0.4 is 10.8 Å². The number of benzene rings is 1. The summed E-state index contributed by atoms with van der Waals surface area (Å²) in [6.45, 7) is 20.0. The Morgan fingerprint density at radius 1 is 1.12 bits per heavy atom. The predicted molar refractivity (Wildman–Crippen MR) is 137 cm³/mol. The molecule has 1 saturated heterocycles. The van der Waals surface area contributed by atoms with E-state index in [1.54, 1.807) is 0 Å². The topological polar surface area (TPSA) is 85.5 Å². The van der Waals surface area contributed by atoms with Gasteiger partial charge in [-0.3, -0.25) is 0 Å². The minimum absolute atomic E-state index is 0.105. The summed E-state index contributed by atoms with van der Waals surface area (Å²) in [5.41, 5.74) is 1.52. The number of ether oxygens (including phenoxy) is 1. The molecule has 0 bridgehead atoms. The highest BCUT2D eigenvalue weighted by atomic mass is 28.2. The largest absolute Gasteiger partial charge is 0.494 e. The van der Waals surface area contributed by atoms with Gasteiger partial charge in [0, 0.05) is 0 Å². The van der Waals surface area contributed by atoms with Gasteiger partial charge in [0.05, 0.1) is 37.8 Å². The molecular formula is C25H38BN3O4Si. The zero-order chi connectivity index (χ0) is 25.5. The summed E-state index contributed by atoms with van der Waals surface area (Å²) in [7, 11) is -0.0201. The van der Waals surface area contributed by atoms with Crippen LogP contribution in [0.15, 0.2) is 30.5 Å². The van der Waals surface area contributed by atoms with Crippen LogP contribution in [0.2, 0.25) is 6.55 Å². The molecule has 1 fully saturated rings. The second-order valence-corrected chi connectivity index (χ2v) is 12.5. The molecule has 7 nitrogen and oxygen atoms in total. The van der Waals surface area contributed by atoms with E-state index in [1.165, 1.54) is 0 Å². The first-order valence-electron chi connectivity index (χ1n) is 11.8. The number of nitrogens with one attached hydrogen (secondary N) is 2. The second-order valence-electron chi connectivity index (χ2n) is 11.2. The average molecular weight is 483 g/mol. The number of aromatic amines is 1. The van der Waals surface area contributed by atoms with E-state index < -0.39 is 24.0 Å². The minimum atomic E-state index is -0.650. The fourth-order valence-corrected chi connectivity index (χ4v) is 5.05. The van der Waals surface area contributed by atoms with E-state index in [9.17, 15) is 4.79 Å². The van der Waals surface area contributed by atoms with E-state index in [0.717, 1.165) is 22.5 Å². The van der Waals surface area contributed by atoms with Crippen molar-refractivity contribution in [3.8, 4) is 11.3 Å². The smallest absolute Gasteiger partial charge is 0.444 e. The highest BCUT2D eigenvalue weighted by Crippen LogP contribution is 2.36. The fourth-order valence-electron chi connectivity index (χ4n) is 3.88. The number of nitrogens with zero attached hydrogens (tertiary/aromatic N) is 1. The summed E-state index contributed by atoms with van der Waals surface area (Å²) in [4.78, 5) is 20.8. The number of amides is 1. The van der Waals surface area contributed by atoms with Crippen molar-refractivity contribution in [1.82, 2.24) is 15.3 Å². The van der Waals surface area contributed by atoms with Gasteiger partial charge in [-0.15, -0.1) is 0 Å². The zero-order valence-electron chi connectivity index (χ0n) is 22.1.